The van der Waals surface area contributed by atoms with Gasteiger partial charge in [0.1, 0.15) is 11.5 Å². The summed E-state index contributed by atoms with van der Waals surface area (Å²) in [5.74, 6) is 0.863. The van der Waals surface area contributed by atoms with Crippen molar-refractivity contribution in [2.24, 2.45) is 0 Å². The van der Waals surface area contributed by atoms with E-state index >= 15 is 0 Å². The van der Waals surface area contributed by atoms with Crippen LogP contribution in [-0.2, 0) is 0 Å². The Hall–Kier alpha value is -2.43. The van der Waals surface area contributed by atoms with Crippen LogP contribution in [0.15, 0.2) is 36.9 Å². The lowest BCUT2D eigenvalue weighted by Gasteiger charge is -2.08. The Balaban J connectivity index is 2.28. The van der Waals surface area contributed by atoms with Crippen LogP contribution in [0.2, 0.25) is 0 Å². The molecular weight excluding hydrogens is 256 g/mol. The molecule has 0 amide bonds. The van der Waals surface area contributed by atoms with Gasteiger partial charge in [0, 0.05) is 18.0 Å². The first-order valence-electron chi connectivity index (χ1n) is 6.36. The summed E-state index contributed by atoms with van der Waals surface area (Å²) in [6.07, 6.45) is 7.08. The molecule has 2 rings (SSSR count). The highest BCUT2D eigenvalue weighted by Gasteiger charge is 2.15. The second-order valence-electron chi connectivity index (χ2n) is 4.16. The fraction of sp³-hybridized carbons (Fsp3) is 0.267. The number of methoxy groups -OCH3 is 1. The zero-order valence-electron chi connectivity index (χ0n) is 11.5. The lowest BCUT2D eigenvalue weighted by Crippen LogP contribution is -2.05. The van der Waals surface area contributed by atoms with Crippen molar-refractivity contribution in [2.75, 3.05) is 13.7 Å². The Bertz CT molecular complexity index is 599. The van der Waals surface area contributed by atoms with E-state index in [9.17, 15) is 4.79 Å². The Morgan fingerprint density at radius 2 is 2.10 bits per heavy atom. The maximum absolute atomic E-state index is 12.4. The third-order valence-corrected chi connectivity index (χ3v) is 2.70. The van der Waals surface area contributed by atoms with Crippen molar-refractivity contribution in [3.8, 4) is 11.5 Å². The van der Waals surface area contributed by atoms with Crippen molar-refractivity contribution >= 4 is 5.78 Å². The molecule has 0 aliphatic rings. The van der Waals surface area contributed by atoms with Gasteiger partial charge < -0.3 is 9.47 Å². The van der Waals surface area contributed by atoms with Gasteiger partial charge in [-0.15, -0.1) is 0 Å². The summed E-state index contributed by atoms with van der Waals surface area (Å²) in [4.78, 5) is 20.4. The van der Waals surface area contributed by atoms with Gasteiger partial charge >= 0.3 is 0 Å². The predicted molar refractivity (Wildman–Crippen MR) is 74.2 cm³/mol. The summed E-state index contributed by atoms with van der Waals surface area (Å²) in [5.41, 5.74) is 0.917. The van der Waals surface area contributed by atoms with Gasteiger partial charge in [0.15, 0.2) is 5.78 Å². The number of ether oxygens (including phenoxy) is 2. The van der Waals surface area contributed by atoms with Crippen LogP contribution in [0, 0.1) is 0 Å². The first-order chi connectivity index (χ1) is 9.76. The molecule has 0 spiro atoms. The summed E-state index contributed by atoms with van der Waals surface area (Å²) >= 11 is 0. The van der Waals surface area contributed by atoms with Crippen LogP contribution in [0.25, 0.3) is 0 Å². The van der Waals surface area contributed by atoms with E-state index < -0.39 is 0 Å². The van der Waals surface area contributed by atoms with Crippen molar-refractivity contribution in [2.45, 2.75) is 13.3 Å². The molecule has 0 N–H and O–H groups in total. The lowest BCUT2D eigenvalue weighted by molar-refractivity contribution is 0.103. The summed E-state index contributed by atoms with van der Waals surface area (Å²) < 4.78 is 10.6. The summed E-state index contributed by atoms with van der Waals surface area (Å²) in [5, 5.41) is 0. The van der Waals surface area contributed by atoms with Crippen LogP contribution in [0.1, 0.15) is 29.3 Å². The minimum Gasteiger partial charge on any atom is -0.494 e. The number of pyridine rings is 2. The van der Waals surface area contributed by atoms with Gasteiger partial charge in [-0.05, 0) is 18.6 Å². The van der Waals surface area contributed by atoms with E-state index in [1.165, 1.54) is 19.5 Å². The Morgan fingerprint density at radius 1 is 1.25 bits per heavy atom. The highest BCUT2D eigenvalue weighted by atomic mass is 16.5. The molecule has 2 heterocycles. The van der Waals surface area contributed by atoms with Gasteiger partial charge in [-0.1, -0.05) is 6.92 Å². The first-order valence-corrected chi connectivity index (χ1v) is 6.36. The molecule has 0 radical (unpaired) electrons. The number of hydrogen-bond donors (Lipinski definition) is 0. The first kappa shape index (κ1) is 14.0. The Labute approximate surface area is 117 Å². The van der Waals surface area contributed by atoms with Crippen molar-refractivity contribution in [1.29, 1.82) is 0 Å². The number of carbonyl (C=O) groups excluding carboxylic acids is 1. The van der Waals surface area contributed by atoms with E-state index in [-0.39, 0.29) is 5.78 Å². The maximum atomic E-state index is 12.4. The monoisotopic (exact) mass is 272 g/mol. The second kappa shape index (κ2) is 6.65. The topological polar surface area (TPSA) is 61.3 Å². The highest BCUT2D eigenvalue weighted by Crippen LogP contribution is 2.21. The van der Waals surface area contributed by atoms with Crippen LogP contribution >= 0.6 is 0 Å². The quantitative estimate of drug-likeness (QED) is 0.756. The van der Waals surface area contributed by atoms with E-state index in [0.717, 1.165) is 6.42 Å². The third kappa shape index (κ3) is 3.12. The summed E-state index contributed by atoms with van der Waals surface area (Å²) in [6, 6.07) is 3.31. The van der Waals surface area contributed by atoms with Gasteiger partial charge in [0.2, 0.25) is 0 Å². The molecule has 0 atom stereocenters. The number of rotatable bonds is 6. The van der Waals surface area contributed by atoms with Crippen molar-refractivity contribution in [3.05, 3.63) is 48.0 Å². The van der Waals surface area contributed by atoms with Crippen LogP contribution in [0.5, 0.6) is 11.5 Å². The number of ketones is 1. The molecule has 0 fully saturated rings. The standard InChI is InChI=1S/C15H16N2O3/c1-3-6-20-12-7-11(8-17-9-12)15(18)13-4-5-16-10-14(13)19-2/h4-5,7-10H,3,6H2,1-2H3. The zero-order chi connectivity index (χ0) is 14.4. The van der Waals surface area contributed by atoms with Crippen molar-refractivity contribution < 1.29 is 14.3 Å². The minimum absolute atomic E-state index is 0.168. The van der Waals surface area contributed by atoms with Gasteiger partial charge in [0.05, 0.1) is 31.7 Å². The fourth-order valence-corrected chi connectivity index (χ4v) is 1.73. The molecule has 0 saturated carbocycles. The van der Waals surface area contributed by atoms with E-state index in [2.05, 4.69) is 9.97 Å². The van der Waals surface area contributed by atoms with Gasteiger partial charge in [-0.25, -0.2) is 0 Å². The number of hydrogen-bond acceptors (Lipinski definition) is 5. The largest absolute Gasteiger partial charge is 0.494 e. The lowest BCUT2D eigenvalue weighted by atomic mass is 10.1. The van der Waals surface area contributed by atoms with Crippen molar-refractivity contribution in [1.82, 2.24) is 9.97 Å². The molecular formula is C15H16N2O3. The van der Waals surface area contributed by atoms with Crippen LogP contribution < -0.4 is 9.47 Å². The minimum atomic E-state index is -0.168. The Kier molecular flexibility index (Phi) is 4.65. The summed E-state index contributed by atoms with van der Waals surface area (Å²) in [7, 11) is 1.51. The van der Waals surface area contributed by atoms with Gasteiger partial charge in [0.25, 0.3) is 0 Å². The van der Waals surface area contributed by atoms with Crippen molar-refractivity contribution in [3.63, 3.8) is 0 Å². The molecule has 0 bridgehead atoms. The van der Waals surface area contributed by atoms with Crippen LogP contribution in [0.4, 0.5) is 0 Å². The Morgan fingerprint density at radius 3 is 2.85 bits per heavy atom. The van der Waals surface area contributed by atoms with Gasteiger partial charge in [-0.3, -0.25) is 14.8 Å². The van der Waals surface area contributed by atoms with Crippen LogP contribution in [0.3, 0.4) is 0 Å². The SMILES string of the molecule is CCCOc1cncc(C(=O)c2ccncc2OC)c1. The number of aromatic nitrogens is 2. The molecule has 2 aromatic rings. The summed E-state index contributed by atoms with van der Waals surface area (Å²) in [6.45, 7) is 2.61. The van der Waals surface area contributed by atoms with E-state index in [4.69, 9.17) is 9.47 Å². The second-order valence-corrected chi connectivity index (χ2v) is 4.16. The molecule has 5 nitrogen and oxygen atoms in total. The molecule has 104 valence electrons. The van der Waals surface area contributed by atoms with Crippen LogP contribution in [-0.4, -0.2) is 29.5 Å². The average molecular weight is 272 g/mol. The zero-order valence-corrected chi connectivity index (χ0v) is 11.5. The molecule has 0 aliphatic heterocycles. The molecule has 20 heavy (non-hydrogen) atoms. The maximum Gasteiger partial charge on any atom is 0.198 e. The normalized spacial score (nSPS) is 10.1. The van der Waals surface area contributed by atoms with E-state index in [0.29, 0.717) is 29.2 Å². The molecule has 0 unspecified atom stereocenters. The van der Waals surface area contributed by atoms with E-state index in [1.54, 1.807) is 24.5 Å². The molecule has 5 heteroatoms. The third-order valence-electron chi connectivity index (χ3n) is 2.70. The molecule has 0 saturated heterocycles. The molecule has 2 aromatic heterocycles. The number of carbonyl (C=O) groups is 1. The van der Waals surface area contributed by atoms with E-state index in [1.807, 2.05) is 6.92 Å². The smallest absolute Gasteiger partial charge is 0.198 e. The van der Waals surface area contributed by atoms with Gasteiger partial charge in [-0.2, -0.15) is 0 Å². The molecule has 0 aromatic carbocycles. The molecule has 0 aliphatic carbocycles. The predicted octanol–water partition coefficient (Wildman–Crippen LogP) is 2.51. The fourth-order valence-electron chi connectivity index (χ4n) is 1.73. The highest BCUT2D eigenvalue weighted by molar-refractivity contribution is 6.10. The number of nitrogens with zero attached hydrogens (tertiary/aromatic N) is 2. The average Bonchev–Trinajstić information content (AvgIpc) is 2.52.